The second-order valence-corrected chi connectivity index (χ2v) is 4.93. The fourth-order valence-electron chi connectivity index (χ4n) is 2.27. The summed E-state index contributed by atoms with van der Waals surface area (Å²) in [6.07, 6.45) is 3.51. The molecule has 106 valence electrons. The zero-order chi connectivity index (χ0) is 14.7. The van der Waals surface area contributed by atoms with Crippen LogP contribution in [0.2, 0.25) is 0 Å². The van der Waals surface area contributed by atoms with E-state index in [1.54, 1.807) is 6.33 Å². The van der Waals surface area contributed by atoms with Crippen molar-refractivity contribution in [1.29, 1.82) is 0 Å². The van der Waals surface area contributed by atoms with Gasteiger partial charge in [0.25, 0.3) is 0 Å². The van der Waals surface area contributed by atoms with Gasteiger partial charge < -0.3 is 9.88 Å². The predicted molar refractivity (Wildman–Crippen MR) is 82.7 cm³/mol. The van der Waals surface area contributed by atoms with Crippen LogP contribution in [-0.4, -0.2) is 19.7 Å². The summed E-state index contributed by atoms with van der Waals surface area (Å²) in [4.78, 5) is 4.39. The molecule has 5 nitrogen and oxygen atoms in total. The highest BCUT2D eigenvalue weighted by atomic mass is 15.2. The normalized spacial score (nSPS) is 12.1. The van der Waals surface area contributed by atoms with E-state index in [1.165, 1.54) is 0 Å². The highest BCUT2D eigenvalue weighted by Crippen LogP contribution is 2.28. The van der Waals surface area contributed by atoms with Crippen molar-refractivity contribution in [2.45, 2.75) is 13.0 Å². The molecule has 5 heteroatoms. The van der Waals surface area contributed by atoms with E-state index in [4.69, 9.17) is 0 Å². The van der Waals surface area contributed by atoms with Crippen LogP contribution in [0.25, 0.3) is 11.4 Å². The average Bonchev–Trinajstić information content (AvgIpc) is 2.95. The number of nitrogens with zero attached hydrogens (tertiary/aromatic N) is 4. The Morgan fingerprint density at radius 3 is 2.62 bits per heavy atom. The zero-order valence-electron chi connectivity index (χ0n) is 12.1. The molecule has 1 unspecified atom stereocenters. The Hall–Kier alpha value is -2.69. The Labute approximate surface area is 123 Å². The quantitative estimate of drug-likeness (QED) is 0.797. The first-order valence-corrected chi connectivity index (χ1v) is 6.86. The van der Waals surface area contributed by atoms with Gasteiger partial charge in [0.05, 0.1) is 11.7 Å². The summed E-state index contributed by atoms with van der Waals surface area (Å²) in [5.41, 5.74) is 3.05. The summed E-state index contributed by atoms with van der Waals surface area (Å²) >= 11 is 0. The average molecular weight is 279 g/mol. The van der Waals surface area contributed by atoms with Gasteiger partial charge in [0, 0.05) is 24.5 Å². The van der Waals surface area contributed by atoms with Crippen LogP contribution in [0.4, 0.5) is 5.69 Å². The fraction of sp³-hybridized carbons (Fsp3) is 0.188. The highest BCUT2D eigenvalue weighted by molar-refractivity contribution is 5.73. The van der Waals surface area contributed by atoms with E-state index in [9.17, 15) is 0 Å². The summed E-state index contributed by atoms with van der Waals surface area (Å²) in [7, 11) is 1.94. The van der Waals surface area contributed by atoms with Gasteiger partial charge in [-0.3, -0.25) is 4.98 Å². The van der Waals surface area contributed by atoms with Crippen molar-refractivity contribution >= 4 is 5.69 Å². The van der Waals surface area contributed by atoms with Crippen LogP contribution in [0.3, 0.4) is 0 Å². The molecular formula is C16H17N5. The monoisotopic (exact) mass is 279 g/mol. The molecule has 2 heterocycles. The second-order valence-electron chi connectivity index (χ2n) is 4.93. The molecule has 0 saturated carbocycles. The summed E-state index contributed by atoms with van der Waals surface area (Å²) < 4.78 is 1.91. The molecule has 2 aromatic heterocycles. The first kappa shape index (κ1) is 13.3. The van der Waals surface area contributed by atoms with Gasteiger partial charge in [-0.1, -0.05) is 18.2 Å². The summed E-state index contributed by atoms with van der Waals surface area (Å²) in [5.74, 6) is 0.839. The van der Waals surface area contributed by atoms with Crippen molar-refractivity contribution in [3.05, 3.63) is 60.7 Å². The third-order valence-corrected chi connectivity index (χ3v) is 3.38. The lowest BCUT2D eigenvalue weighted by molar-refractivity contribution is 0.838. The minimum atomic E-state index is 0.112. The minimum absolute atomic E-state index is 0.112. The smallest absolute Gasteiger partial charge is 0.165 e. The molecule has 0 aliphatic carbocycles. The van der Waals surface area contributed by atoms with Crippen molar-refractivity contribution in [3.8, 4) is 11.4 Å². The van der Waals surface area contributed by atoms with E-state index < -0.39 is 0 Å². The molecule has 1 atom stereocenters. The Balaban J connectivity index is 1.92. The number of pyridine rings is 1. The van der Waals surface area contributed by atoms with E-state index in [-0.39, 0.29) is 6.04 Å². The van der Waals surface area contributed by atoms with E-state index in [1.807, 2.05) is 60.3 Å². The van der Waals surface area contributed by atoms with Crippen LogP contribution < -0.4 is 5.32 Å². The number of anilines is 1. The Morgan fingerprint density at radius 2 is 1.90 bits per heavy atom. The largest absolute Gasteiger partial charge is 0.376 e. The van der Waals surface area contributed by atoms with Gasteiger partial charge in [0.15, 0.2) is 5.82 Å². The molecule has 3 aromatic rings. The summed E-state index contributed by atoms with van der Waals surface area (Å²) in [5, 5.41) is 11.6. The van der Waals surface area contributed by atoms with Crippen LogP contribution in [0.15, 0.2) is 55.0 Å². The highest BCUT2D eigenvalue weighted by Gasteiger charge is 2.12. The fourth-order valence-corrected chi connectivity index (χ4v) is 2.27. The molecule has 0 bridgehead atoms. The van der Waals surface area contributed by atoms with E-state index in [0.717, 1.165) is 22.8 Å². The van der Waals surface area contributed by atoms with Crippen molar-refractivity contribution in [3.63, 3.8) is 0 Å². The number of rotatable bonds is 4. The van der Waals surface area contributed by atoms with Crippen LogP contribution in [0, 0.1) is 0 Å². The number of hydrogen-bond acceptors (Lipinski definition) is 4. The predicted octanol–water partition coefficient (Wildman–Crippen LogP) is 3.05. The lowest BCUT2D eigenvalue weighted by Gasteiger charge is -2.17. The molecule has 0 aliphatic rings. The van der Waals surface area contributed by atoms with Crippen molar-refractivity contribution in [1.82, 2.24) is 19.7 Å². The lowest BCUT2D eigenvalue weighted by Crippen LogP contribution is -2.09. The zero-order valence-corrected chi connectivity index (χ0v) is 12.1. The molecule has 0 saturated heterocycles. The molecule has 0 radical (unpaired) electrons. The third-order valence-electron chi connectivity index (χ3n) is 3.38. The van der Waals surface area contributed by atoms with Gasteiger partial charge in [0.2, 0.25) is 0 Å². The van der Waals surface area contributed by atoms with Crippen molar-refractivity contribution in [2.75, 3.05) is 5.32 Å². The van der Waals surface area contributed by atoms with E-state index >= 15 is 0 Å². The molecule has 1 N–H and O–H groups in total. The Morgan fingerprint density at radius 1 is 1.10 bits per heavy atom. The molecule has 3 rings (SSSR count). The number of nitrogens with one attached hydrogen (secondary N) is 1. The van der Waals surface area contributed by atoms with Gasteiger partial charge >= 0.3 is 0 Å². The second kappa shape index (κ2) is 5.75. The van der Waals surface area contributed by atoms with Gasteiger partial charge in [-0.05, 0) is 31.2 Å². The molecule has 0 fully saturated rings. The van der Waals surface area contributed by atoms with Crippen LogP contribution in [0.5, 0.6) is 0 Å². The van der Waals surface area contributed by atoms with E-state index in [0.29, 0.717) is 0 Å². The standard InChI is InChI=1S/C16H17N5/c1-12(14-8-5-6-10-17-14)19-15-9-4-3-7-13(15)16-20-18-11-21(16)2/h3-12,19H,1-2H3. The number of hydrogen-bond donors (Lipinski definition) is 1. The molecule has 0 aliphatic heterocycles. The maximum absolute atomic E-state index is 4.39. The van der Waals surface area contributed by atoms with Crippen LogP contribution in [0.1, 0.15) is 18.7 Å². The maximum atomic E-state index is 4.39. The Bertz CT molecular complexity index is 720. The Kier molecular flexibility index (Phi) is 3.64. The number of aromatic nitrogens is 4. The number of aryl methyl sites for hydroxylation is 1. The summed E-state index contributed by atoms with van der Waals surface area (Å²) in [6, 6.07) is 14.1. The van der Waals surface area contributed by atoms with E-state index in [2.05, 4.69) is 27.4 Å². The van der Waals surface area contributed by atoms with Gasteiger partial charge in [-0.25, -0.2) is 0 Å². The maximum Gasteiger partial charge on any atom is 0.165 e. The lowest BCUT2D eigenvalue weighted by atomic mass is 10.1. The third kappa shape index (κ3) is 2.76. The van der Waals surface area contributed by atoms with Crippen molar-refractivity contribution in [2.24, 2.45) is 7.05 Å². The minimum Gasteiger partial charge on any atom is -0.376 e. The first-order chi connectivity index (χ1) is 10.3. The van der Waals surface area contributed by atoms with Crippen LogP contribution in [-0.2, 0) is 7.05 Å². The number of para-hydroxylation sites is 1. The van der Waals surface area contributed by atoms with Crippen molar-refractivity contribution < 1.29 is 0 Å². The summed E-state index contributed by atoms with van der Waals surface area (Å²) in [6.45, 7) is 2.09. The molecule has 0 spiro atoms. The van der Waals surface area contributed by atoms with Crippen LogP contribution >= 0.6 is 0 Å². The molecule has 1 aromatic carbocycles. The molecule has 21 heavy (non-hydrogen) atoms. The van der Waals surface area contributed by atoms with Gasteiger partial charge in [-0.2, -0.15) is 0 Å². The number of benzene rings is 1. The first-order valence-electron chi connectivity index (χ1n) is 6.86. The molecule has 0 amide bonds. The van der Waals surface area contributed by atoms with Gasteiger partial charge in [-0.15, -0.1) is 10.2 Å². The van der Waals surface area contributed by atoms with Gasteiger partial charge in [0.1, 0.15) is 6.33 Å². The topological polar surface area (TPSA) is 55.6 Å². The SMILES string of the molecule is CC(Nc1ccccc1-c1nncn1C)c1ccccn1. The molecular weight excluding hydrogens is 262 g/mol.